The van der Waals surface area contributed by atoms with Crippen LogP contribution < -0.4 is 0 Å². The van der Waals surface area contributed by atoms with E-state index in [1.807, 2.05) is 30.3 Å². The fourth-order valence-electron chi connectivity index (χ4n) is 3.98. The van der Waals surface area contributed by atoms with Crippen LogP contribution in [-0.2, 0) is 25.7 Å². The van der Waals surface area contributed by atoms with Crippen LogP contribution in [0, 0.1) is 5.92 Å². The summed E-state index contributed by atoms with van der Waals surface area (Å²) in [6.07, 6.45) is 5.03. The summed E-state index contributed by atoms with van der Waals surface area (Å²) in [5.74, 6) is -0.536. The second kappa shape index (κ2) is 9.53. The van der Waals surface area contributed by atoms with Crippen molar-refractivity contribution in [3.63, 3.8) is 0 Å². The first kappa shape index (κ1) is 20.1. The van der Waals surface area contributed by atoms with Gasteiger partial charge in [-0.3, -0.25) is 9.59 Å². The fourth-order valence-corrected chi connectivity index (χ4v) is 3.98. The van der Waals surface area contributed by atoms with E-state index in [4.69, 9.17) is 4.74 Å². The Hall–Kier alpha value is -2.63. The van der Waals surface area contributed by atoms with E-state index in [0.717, 1.165) is 18.4 Å². The summed E-state index contributed by atoms with van der Waals surface area (Å²) in [6, 6.07) is 9.05. The molecule has 6 heteroatoms. The highest BCUT2D eigenvalue weighted by atomic mass is 16.5. The van der Waals surface area contributed by atoms with Gasteiger partial charge in [0.25, 0.3) is 0 Å². The van der Waals surface area contributed by atoms with Gasteiger partial charge in [0.15, 0.2) is 0 Å². The van der Waals surface area contributed by atoms with Crippen LogP contribution in [0.5, 0.6) is 0 Å². The number of nitrogens with zero attached hydrogens (tertiary/aromatic N) is 2. The number of hydrogen-bond donors (Lipinski definition) is 0. The topological polar surface area (TPSA) is 66.9 Å². The Morgan fingerprint density at radius 3 is 2.43 bits per heavy atom. The number of carbonyl (C=O) groups excluding carboxylic acids is 3. The molecule has 0 bridgehead atoms. The summed E-state index contributed by atoms with van der Waals surface area (Å²) < 4.78 is 5.50. The zero-order valence-electron chi connectivity index (χ0n) is 16.2. The van der Waals surface area contributed by atoms with Gasteiger partial charge in [0.05, 0.1) is 0 Å². The maximum atomic E-state index is 13.1. The first-order chi connectivity index (χ1) is 13.6. The van der Waals surface area contributed by atoms with Gasteiger partial charge in [-0.25, -0.2) is 4.79 Å². The van der Waals surface area contributed by atoms with Gasteiger partial charge in [-0.15, -0.1) is 0 Å². The molecule has 1 aromatic rings. The molecule has 2 amide bonds. The summed E-state index contributed by atoms with van der Waals surface area (Å²) in [5, 5.41) is 0. The van der Waals surface area contributed by atoms with Gasteiger partial charge in [0, 0.05) is 25.6 Å². The Morgan fingerprint density at radius 1 is 1.04 bits per heavy atom. The highest BCUT2D eigenvalue weighted by Gasteiger charge is 2.37. The van der Waals surface area contributed by atoms with E-state index in [9.17, 15) is 14.4 Å². The average Bonchev–Trinajstić information content (AvgIpc) is 2.77. The van der Waals surface area contributed by atoms with E-state index >= 15 is 0 Å². The highest BCUT2D eigenvalue weighted by molar-refractivity contribution is 5.88. The number of carbonyl (C=O) groups is 3. The highest BCUT2D eigenvalue weighted by Crippen LogP contribution is 2.26. The van der Waals surface area contributed by atoms with Crippen molar-refractivity contribution in [1.29, 1.82) is 0 Å². The number of benzene rings is 1. The minimum absolute atomic E-state index is 0.0204. The van der Waals surface area contributed by atoms with Crippen molar-refractivity contribution in [2.24, 2.45) is 5.92 Å². The molecular formula is C22H28N2O4. The average molecular weight is 384 g/mol. The minimum atomic E-state index is -0.502. The van der Waals surface area contributed by atoms with Crippen LogP contribution >= 0.6 is 0 Å². The van der Waals surface area contributed by atoms with Gasteiger partial charge >= 0.3 is 5.97 Å². The molecule has 1 unspecified atom stereocenters. The summed E-state index contributed by atoms with van der Waals surface area (Å²) in [7, 11) is 0. The van der Waals surface area contributed by atoms with Gasteiger partial charge in [0.1, 0.15) is 12.6 Å². The number of piperidine rings is 2. The van der Waals surface area contributed by atoms with Gasteiger partial charge in [0.2, 0.25) is 11.8 Å². The quantitative estimate of drug-likeness (QED) is 0.578. The van der Waals surface area contributed by atoms with Crippen LogP contribution in [0.2, 0.25) is 0 Å². The second-order valence-electron chi connectivity index (χ2n) is 7.44. The van der Waals surface area contributed by atoms with Gasteiger partial charge < -0.3 is 14.5 Å². The molecule has 1 atom stereocenters. The summed E-state index contributed by atoms with van der Waals surface area (Å²) in [5.41, 5.74) is 0.934. The summed E-state index contributed by atoms with van der Waals surface area (Å²) in [6.45, 7) is 5.44. The van der Waals surface area contributed by atoms with Gasteiger partial charge in [-0.2, -0.15) is 0 Å². The molecule has 2 aliphatic heterocycles. The molecule has 0 N–H and O–H groups in total. The van der Waals surface area contributed by atoms with Gasteiger partial charge in [-0.05, 0) is 43.7 Å². The number of hydrogen-bond acceptors (Lipinski definition) is 4. The summed E-state index contributed by atoms with van der Waals surface area (Å²) >= 11 is 0. The third-order valence-corrected chi connectivity index (χ3v) is 5.61. The molecule has 3 rings (SSSR count). The number of esters is 1. The third-order valence-electron chi connectivity index (χ3n) is 5.61. The van der Waals surface area contributed by atoms with Crippen LogP contribution in [-0.4, -0.2) is 53.3 Å². The number of amides is 2. The minimum Gasteiger partial charge on any atom is -0.459 e. The number of rotatable bonds is 5. The van der Waals surface area contributed by atoms with Crippen LogP contribution in [0.15, 0.2) is 43.0 Å². The predicted octanol–water partition coefficient (Wildman–Crippen LogP) is 2.54. The standard InChI is InChI=1S/C22H28N2O4/c1-2-20(25)23-14-11-18(12-15-23)21(26)24-13-7-6-10-19(24)22(27)28-16-17-8-4-3-5-9-17/h2-5,8-9,18-19H,1,6-7,10-16H2. The molecule has 1 aromatic carbocycles. The van der Waals surface area contributed by atoms with Gasteiger partial charge in [-0.1, -0.05) is 36.9 Å². The lowest BCUT2D eigenvalue weighted by Gasteiger charge is -2.38. The van der Waals surface area contributed by atoms with E-state index in [-0.39, 0.29) is 30.3 Å². The first-order valence-corrected chi connectivity index (χ1v) is 10.0. The molecule has 2 fully saturated rings. The zero-order valence-corrected chi connectivity index (χ0v) is 16.2. The summed E-state index contributed by atoms with van der Waals surface area (Å²) in [4.78, 5) is 40.9. The molecule has 2 heterocycles. The van der Waals surface area contributed by atoms with Crippen LogP contribution in [0.1, 0.15) is 37.7 Å². The number of ether oxygens (including phenoxy) is 1. The molecule has 0 aromatic heterocycles. The lowest BCUT2D eigenvalue weighted by molar-refractivity contribution is -0.160. The van der Waals surface area contributed by atoms with E-state index in [2.05, 4.69) is 6.58 Å². The lowest BCUT2D eigenvalue weighted by Crippen LogP contribution is -2.52. The Labute approximate surface area is 166 Å². The van der Waals surface area contributed by atoms with E-state index in [1.165, 1.54) is 6.08 Å². The Kier molecular flexibility index (Phi) is 6.85. The van der Waals surface area contributed by atoms with E-state index in [0.29, 0.717) is 38.9 Å². The molecule has 0 aliphatic carbocycles. The Morgan fingerprint density at radius 2 is 1.75 bits per heavy atom. The first-order valence-electron chi connectivity index (χ1n) is 10.0. The fraction of sp³-hybridized carbons (Fsp3) is 0.500. The molecule has 0 saturated carbocycles. The maximum absolute atomic E-state index is 13.1. The molecule has 6 nitrogen and oxygen atoms in total. The van der Waals surface area contributed by atoms with Crippen molar-refractivity contribution in [2.75, 3.05) is 19.6 Å². The largest absolute Gasteiger partial charge is 0.459 e. The van der Waals surface area contributed by atoms with E-state index < -0.39 is 6.04 Å². The predicted molar refractivity (Wildman–Crippen MR) is 105 cm³/mol. The molecule has 2 saturated heterocycles. The molecule has 2 aliphatic rings. The monoisotopic (exact) mass is 384 g/mol. The van der Waals surface area contributed by atoms with Crippen LogP contribution in [0.4, 0.5) is 0 Å². The normalized spacial score (nSPS) is 20.5. The molecule has 0 radical (unpaired) electrons. The molecule has 28 heavy (non-hydrogen) atoms. The Balaban J connectivity index is 1.58. The van der Waals surface area contributed by atoms with Crippen molar-refractivity contribution >= 4 is 17.8 Å². The molecule has 0 spiro atoms. The number of likely N-dealkylation sites (tertiary alicyclic amines) is 2. The smallest absolute Gasteiger partial charge is 0.329 e. The Bertz CT molecular complexity index is 711. The lowest BCUT2D eigenvalue weighted by atomic mass is 9.92. The van der Waals surface area contributed by atoms with Crippen LogP contribution in [0.25, 0.3) is 0 Å². The van der Waals surface area contributed by atoms with Crippen molar-refractivity contribution in [3.8, 4) is 0 Å². The van der Waals surface area contributed by atoms with Crippen molar-refractivity contribution in [2.45, 2.75) is 44.8 Å². The van der Waals surface area contributed by atoms with Crippen LogP contribution in [0.3, 0.4) is 0 Å². The molecule has 150 valence electrons. The van der Waals surface area contributed by atoms with E-state index in [1.54, 1.807) is 9.80 Å². The maximum Gasteiger partial charge on any atom is 0.329 e. The van der Waals surface area contributed by atoms with Crippen molar-refractivity contribution in [1.82, 2.24) is 9.80 Å². The third kappa shape index (κ3) is 4.80. The zero-order chi connectivity index (χ0) is 19.9. The SMILES string of the molecule is C=CC(=O)N1CCC(C(=O)N2CCCCC2C(=O)OCc2ccccc2)CC1. The second-order valence-corrected chi connectivity index (χ2v) is 7.44. The van der Waals surface area contributed by atoms with Crippen molar-refractivity contribution in [3.05, 3.63) is 48.6 Å². The van der Waals surface area contributed by atoms with Crippen molar-refractivity contribution < 1.29 is 19.1 Å². The molecular weight excluding hydrogens is 356 g/mol.